The molecule has 2 heterocycles. The van der Waals surface area contributed by atoms with Crippen molar-refractivity contribution >= 4 is 46.2 Å². The zero-order valence-electron chi connectivity index (χ0n) is 11.0. The molecule has 1 aromatic carbocycles. The van der Waals surface area contributed by atoms with E-state index in [9.17, 15) is 14.7 Å². The van der Waals surface area contributed by atoms with Crippen molar-refractivity contribution in [2.45, 2.75) is 6.04 Å². The Morgan fingerprint density at radius 2 is 2.05 bits per heavy atom. The molecule has 0 aliphatic carbocycles. The molecule has 1 aromatic heterocycles. The largest absolute Gasteiger partial charge is 0.503 e. The first-order valence-electron chi connectivity index (χ1n) is 6.26. The minimum absolute atomic E-state index is 0.00308. The monoisotopic (exact) mass is 353 g/mol. The predicted molar refractivity (Wildman–Crippen MR) is 85.7 cm³/mol. The lowest BCUT2D eigenvalue weighted by Crippen LogP contribution is -2.23. The van der Waals surface area contributed by atoms with Crippen LogP contribution >= 0.6 is 34.5 Å². The summed E-state index contributed by atoms with van der Waals surface area (Å²) in [5.41, 5.74) is 0.500. The molecule has 1 aliphatic heterocycles. The normalized spacial score (nSPS) is 17.7. The molecule has 1 atom stereocenters. The highest BCUT2D eigenvalue weighted by Crippen LogP contribution is 2.36. The zero-order valence-corrected chi connectivity index (χ0v) is 13.3. The van der Waals surface area contributed by atoms with Crippen LogP contribution in [0.1, 0.15) is 21.3 Å². The van der Waals surface area contributed by atoms with Crippen molar-refractivity contribution in [2.24, 2.45) is 0 Å². The number of benzene rings is 1. The van der Waals surface area contributed by atoms with Gasteiger partial charge < -0.3 is 10.4 Å². The summed E-state index contributed by atoms with van der Waals surface area (Å²) in [7, 11) is 0. The van der Waals surface area contributed by atoms with E-state index in [0.29, 0.717) is 20.5 Å². The second kappa shape index (κ2) is 5.76. The van der Waals surface area contributed by atoms with Gasteiger partial charge in [-0.1, -0.05) is 35.3 Å². The average molecular weight is 354 g/mol. The number of aliphatic hydroxyl groups is 1. The van der Waals surface area contributed by atoms with Gasteiger partial charge in [0.1, 0.15) is 0 Å². The van der Waals surface area contributed by atoms with E-state index < -0.39 is 23.5 Å². The Balaban J connectivity index is 2.08. The molecular weight excluding hydrogens is 345 g/mol. The van der Waals surface area contributed by atoms with Crippen molar-refractivity contribution < 1.29 is 14.7 Å². The van der Waals surface area contributed by atoms with Crippen LogP contribution in [0.3, 0.4) is 0 Å². The van der Waals surface area contributed by atoms with Crippen LogP contribution in [0.25, 0.3) is 0 Å². The zero-order chi connectivity index (χ0) is 15.9. The quantitative estimate of drug-likeness (QED) is 0.821. The number of ketones is 1. The maximum Gasteiger partial charge on any atom is 0.287 e. The first-order chi connectivity index (χ1) is 10.5. The molecule has 22 heavy (non-hydrogen) atoms. The van der Waals surface area contributed by atoms with Gasteiger partial charge in [0.2, 0.25) is 5.78 Å². The van der Waals surface area contributed by atoms with E-state index in [4.69, 9.17) is 23.2 Å². The van der Waals surface area contributed by atoms with Crippen LogP contribution in [0.5, 0.6) is 0 Å². The molecule has 2 N–H and O–H groups in total. The Kier molecular flexibility index (Phi) is 3.95. The lowest BCUT2D eigenvalue weighted by Gasteiger charge is -2.15. The second-order valence-electron chi connectivity index (χ2n) is 4.64. The van der Waals surface area contributed by atoms with E-state index >= 15 is 0 Å². The minimum atomic E-state index is -0.799. The molecule has 1 unspecified atom stereocenters. The molecule has 1 aliphatic rings. The van der Waals surface area contributed by atoms with Crippen molar-refractivity contribution in [1.82, 2.24) is 5.32 Å². The molecule has 3 rings (SSSR count). The molecule has 2 aromatic rings. The van der Waals surface area contributed by atoms with Crippen LogP contribution in [0, 0.1) is 0 Å². The highest BCUT2D eigenvalue weighted by Gasteiger charge is 2.38. The molecule has 0 saturated heterocycles. The number of rotatable bonds is 3. The fraction of sp³-hybridized carbons (Fsp3) is 0.0667. The highest BCUT2D eigenvalue weighted by molar-refractivity contribution is 7.12. The Bertz CT molecular complexity index is 799. The number of halogens is 2. The number of nitrogens with one attached hydrogen (secondary N) is 1. The van der Waals surface area contributed by atoms with Gasteiger partial charge in [-0.05, 0) is 29.1 Å². The lowest BCUT2D eigenvalue weighted by atomic mass is 9.96. The molecule has 0 fully saturated rings. The van der Waals surface area contributed by atoms with Gasteiger partial charge >= 0.3 is 0 Å². The second-order valence-corrected chi connectivity index (χ2v) is 6.43. The van der Waals surface area contributed by atoms with E-state index in [-0.39, 0.29) is 5.57 Å². The molecule has 112 valence electrons. The van der Waals surface area contributed by atoms with Crippen LogP contribution in [0.2, 0.25) is 10.0 Å². The number of aliphatic hydroxyl groups excluding tert-OH is 1. The Labute approximate surface area is 140 Å². The summed E-state index contributed by atoms with van der Waals surface area (Å²) < 4.78 is 0. The van der Waals surface area contributed by atoms with Crippen molar-refractivity contribution in [3.63, 3.8) is 0 Å². The molecule has 0 saturated carbocycles. The summed E-state index contributed by atoms with van der Waals surface area (Å²) in [6.07, 6.45) is 0. The first-order valence-corrected chi connectivity index (χ1v) is 7.89. The summed E-state index contributed by atoms with van der Waals surface area (Å²) in [6.45, 7) is 0. The minimum Gasteiger partial charge on any atom is -0.503 e. The fourth-order valence-corrected chi connectivity index (χ4v) is 3.47. The number of carbonyl (C=O) groups excluding carboxylic acids is 2. The molecule has 0 radical (unpaired) electrons. The van der Waals surface area contributed by atoms with Gasteiger partial charge in [0, 0.05) is 10.0 Å². The Morgan fingerprint density at radius 1 is 1.27 bits per heavy atom. The highest BCUT2D eigenvalue weighted by atomic mass is 35.5. The maximum absolute atomic E-state index is 12.6. The topological polar surface area (TPSA) is 66.4 Å². The van der Waals surface area contributed by atoms with Crippen molar-refractivity contribution in [2.75, 3.05) is 0 Å². The molecule has 0 spiro atoms. The van der Waals surface area contributed by atoms with Gasteiger partial charge in [0.15, 0.2) is 5.76 Å². The van der Waals surface area contributed by atoms with Crippen LogP contribution < -0.4 is 5.32 Å². The van der Waals surface area contributed by atoms with Crippen molar-refractivity contribution in [3.05, 3.63) is 67.5 Å². The van der Waals surface area contributed by atoms with Crippen molar-refractivity contribution in [3.8, 4) is 0 Å². The van der Waals surface area contributed by atoms with E-state index in [1.807, 2.05) is 0 Å². The molecule has 1 amide bonds. The van der Waals surface area contributed by atoms with Gasteiger partial charge in [-0.15, -0.1) is 11.3 Å². The van der Waals surface area contributed by atoms with E-state index in [1.54, 1.807) is 29.6 Å². The summed E-state index contributed by atoms with van der Waals surface area (Å²) >= 11 is 13.3. The third-order valence-electron chi connectivity index (χ3n) is 3.30. The summed E-state index contributed by atoms with van der Waals surface area (Å²) in [4.78, 5) is 24.8. The number of Topliss-reactive ketones (excluding diaryl/α,β-unsaturated/α-hetero) is 1. The molecule has 4 nitrogen and oxygen atoms in total. The molecule has 7 heteroatoms. The van der Waals surface area contributed by atoms with Gasteiger partial charge in [-0.3, -0.25) is 9.59 Å². The van der Waals surface area contributed by atoms with E-state index in [2.05, 4.69) is 5.32 Å². The van der Waals surface area contributed by atoms with Crippen LogP contribution in [0.15, 0.2) is 47.0 Å². The summed E-state index contributed by atoms with van der Waals surface area (Å²) in [5.74, 6) is -1.67. The first kappa shape index (κ1) is 15.1. The molecular formula is C15H9Cl2NO3S. The third-order valence-corrected chi connectivity index (χ3v) is 4.73. The number of carbonyl (C=O) groups is 2. The number of hydrogen-bond donors (Lipinski definition) is 2. The van der Waals surface area contributed by atoms with Gasteiger partial charge in [-0.2, -0.15) is 0 Å². The summed E-state index contributed by atoms with van der Waals surface area (Å²) in [5, 5.41) is 15.1. The summed E-state index contributed by atoms with van der Waals surface area (Å²) in [6, 6.07) is 7.31. The van der Waals surface area contributed by atoms with Gasteiger partial charge in [0.25, 0.3) is 5.91 Å². The fourth-order valence-electron chi connectivity index (χ4n) is 2.28. The Morgan fingerprint density at radius 3 is 2.68 bits per heavy atom. The molecule has 0 bridgehead atoms. The van der Waals surface area contributed by atoms with E-state index in [1.165, 1.54) is 17.4 Å². The van der Waals surface area contributed by atoms with Crippen LogP contribution in [-0.4, -0.2) is 16.8 Å². The average Bonchev–Trinajstić information content (AvgIpc) is 3.08. The standard InChI is InChI=1S/C15H9Cl2NO3S/c16-7-3-4-8(9(17)6-7)12-11(14(20)15(21)18-12)13(19)10-2-1-5-22-10/h1-6,12,20H,(H,18,21). The maximum atomic E-state index is 12.6. The third kappa shape index (κ3) is 2.52. The lowest BCUT2D eigenvalue weighted by molar-refractivity contribution is -0.119. The van der Waals surface area contributed by atoms with Crippen molar-refractivity contribution in [1.29, 1.82) is 0 Å². The van der Waals surface area contributed by atoms with Crippen LogP contribution in [-0.2, 0) is 4.79 Å². The van der Waals surface area contributed by atoms with Crippen LogP contribution in [0.4, 0.5) is 0 Å². The Hall–Kier alpha value is -1.82. The van der Waals surface area contributed by atoms with E-state index in [0.717, 1.165) is 0 Å². The van der Waals surface area contributed by atoms with Gasteiger partial charge in [0.05, 0.1) is 16.5 Å². The SMILES string of the molecule is O=C1NC(c2ccc(Cl)cc2Cl)C(C(=O)c2cccs2)=C1O. The number of amides is 1. The number of thiophene rings is 1. The van der Waals surface area contributed by atoms with Gasteiger partial charge in [-0.25, -0.2) is 0 Å². The number of hydrogen-bond acceptors (Lipinski definition) is 4. The predicted octanol–water partition coefficient (Wildman–Crippen LogP) is 3.92. The smallest absolute Gasteiger partial charge is 0.287 e.